The van der Waals surface area contributed by atoms with E-state index in [1.54, 1.807) is 12.1 Å². The second-order valence-electron chi connectivity index (χ2n) is 4.30. The van der Waals surface area contributed by atoms with E-state index in [-0.39, 0.29) is 5.82 Å². The summed E-state index contributed by atoms with van der Waals surface area (Å²) in [4.78, 5) is 0. The normalized spacial score (nSPS) is 23.0. The molecule has 16 heavy (non-hydrogen) atoms. The molecule has 1 aliphatic heterocycles. The lowest BCUT2D eigenvalue weighted by atomic mass is 9.90. The quantitative estimate of drug-likeness (QED) is 0.869. The molecule has 2 unspecified atom stereocenters. The second-order valence-corrected chi connectivity index (χ2v) is 5.45. The molecule has 1 aliphatic rings. The molecule has 1 fully saturated rings. The number of nitrogens with one attached hydrogen (secondary N) is 1. The number of thioether (sulfide) groups is 1. The van der Waals surface area contributed by atoms with E-state index in [4.69, 9.17) is 0 Å². The van der Waals surface area contributed by atoms with Crippen LogP contribution >= 0.6 is 11.8 Å². The van der Waals surface area contributed by atoms with Crippen molar-refractivity contribution in [3.8, 4) is 0 Å². The number of rotatable bonds is 3. The first-order valence-electron chi connectivity index (χ1n) is 5.81. The summed E-state index contributed by atoms with van der Waals surface area (Å²) in [5.41, 5.74) is 1.08. The Morgan fingerprint density at radius 2 is 2.38 bits per heavy atom. The Bertz CT molecular complexity index is 336. The molecule has 88 valence electrons. The van der Waals surface area contributed by atoms with Crippen molar-refractivity contribution >= 4 is 11.8 Å². The van der Waals surface area contributed by atoms with Crippen LogP contribution in [0.5, 0.6) is 0 Å². The highest BCUT2D eigenvalue weighted by Gasteiger charge is 2.24. The predicted molar refractivity (Wildman–Crippen MR) is 68.2 cm³/mol. The van der Waals surface area contributed by atoms with E-state index in [9.17, 15) is 4.39 Å². The van der Waals surface area contributed by atoms with Gasteiger partial charge in [0, 0.05) is 6.04 Å². The molecular formula is C13H18FNS. The molecule has 0 bridgehead atoms. The van der Waals surface area contributed by atoms with Crippen LogP contribution in [0.25, 0.3) is 0 Å². The van der Waals surface area contributed by atoms with Crippen LogP contribution in [-0.4, -0.2) is 18.6 Å². The third kappa shape index (κ3) is 2.77. The van der Waals surface area contributed by atoms with Crippen molar-refractivity contribution in [1.82, 2.24) is 5.32 Å². The van der Waals surface area contributed by atoms with Gasteiger partial charge in [-0.15, -0.1) is 0 Å². The van der Waals surface area contributed by atoms with Gasteiger partial charge in [-0.3, -0.25) is 0 Å². The van der Waals surface area contributed by atoms with Crippen molar-refractivity contribution in [2.75, 3.05) is 18.6 Å². The molecule has 1 heterocycles. The van der Waals surface area contributed by atoms with Gasteiger partial charge in [0.2, 0.25) is 0 Å². The maximum absolute atomic E-state index is 13.2. The fourth-order valence-electron chi connectivity index (χ4n) is 2.40. The summed E-state index contributed by atoms with van der Waals surface area (Å²) in [7, 11) is 1.97. The molecule has 1 nitrogen and oxygen atoms in total. The number of benzene rings is 1. The number of hydrogen-bond donors (Lipinski definition) is 1. The Hall–Kier alpha value is -0.540. The van der Waals surface area contributed by atoms with E-state index >= 15 is 0 Å². The fourth-order valence-corrected chi connectivity index (χ4v) is 3.60. The largest absolute Gasteiger partial charge is 0.313 e. The Morgan fingerprint density at radius 3 is 3.00 bits per heavy atom. The van der Waals surface area contributed by atoms with Crippen LogP contribution in [0.1, 0.15) is 24.4 Å². The third-order valence-corrected chi connectivity index (χ3v) is 4.43. The van der Waals surface area contributed by atoms with Gasteiger partial charge >= 0.3 is 0 Å². The molecule has 0 aliphatic carbocycles. The highest BCUT2D eigenvalue weighted by molar-refractivity contribution is 7.99. The van der Waals surface area contributed by atoms with Gasteiger partial charge in [0.1, 0.15) is 5.82 Å². The fraction of sp³-hybridized carbons (Fsp3) is 0.538. The molecule has 1 aromatic rings. The first-order chi connectivity index (χ1) is 7.81. The van der Waals surface area contributed by atoms with Gasteiger partial charge in [-0.25, -0.2) is 4.39 Å². The zero-order valence-corrected chi connectivity index (χ0v) is 10.4. The van der Waals surface area contributed by atoms with E-state index in [0.29, 0.717) is 12.0 Å². The maximum Gasteiger partial charge on any atom is 0.123 e. The van der Waals surface area contributed by atoms with Gasteiger partial charge in [-0.1, -0.05) is 12.1 Å². The molecule has 3 heteroatoms. The lowest BCUT2D eigenvalue weighted by Gasteiger charge is -2.30. The Kier molecular flexibility index (Phi) is 4.24. The zero-order valence-electron chi connectivity index (χ0n) is 9.58. The Morgan fingerprint density at radius 1 is 1.50 bits per heavy atom. The van der Waals surface area contributed by atoms with Gasteiger partial charge in [-0.2, -0.15) is 11.8 Å². The summed E-state index contributed by atoms with van der Waals surface area (Å²) in [6, 6.07) is 7.27. The van der Waals surface area contributed by atoms with Crippen molar-refractivity contribution in [2.45, 2.75) is 18.9 Å². The molecule has 0 aromatic heterocycles. The molecule has 1 aromatic carbocycles. The van der Waals surface area contributed by atoms with Crippen LogP contribution in [0.3, 0.4) is 0 Å². The average molecular weight is 239 g/mol. The zero-order chi connectivity index (χ0) is 11.4. The number of halogens is 1. The van der Waals surface area contributed by atoms with E-state index in [1.807, 2.05) is 24.9 Å². The lowest BCUT2D eigenvalue weighted by molar-refractivity contribution is 0.383. The van der Waals surface area contributed by atoms with Gasteiger partial charge in [-0.05, 0) is 55.0 Å². The molecule has 0 amide bonds. The molecule has 0 saturated carbocycles. The van der Waals surface area contributed by atoms with Crippen LogP contribution in [0.4, 0.5) is 4.39 Å². The van der Waals surface area contributed by atoms with E-state index in [0.717, 1.165) is 5.56 Å². The SMILES string of the molecule is CNC(c1cccc(F)c1)C1CCCSC1. The highest BCUT2D eigenvalue weighted by atomic mass is 32.2. The average Bonchev–Trinajstić information content (AvgIpc) is 2.31. The van der Waals surface area contributed by atoms with Crippen molar-refractivity contribution in [3.63, 3.8) is 0 Å². The number of hydrogen-bond acceptors (Lipinski definition) is 2. The summed E-state index contributed by atoms with van der Waals surface area (Å²) >= 11 is 2.01. The van der Waals surface area contributed by atoms with Crippen LogP contribution in [0.15, 0.2) is 24.3 Å². The van der Waals surface area contributed by atoms with Crippen LogP contribution in [-0.2, 0) is 0 Å². The standard InChI is InChI=1S/C13H18FNS/c1-15-13(11-5-3-7-16-9-11)10-4-2-6-12(14)8-10/h2,4,6,8,11,13,15H,3,5,7,9H2,1H3. The lowest BCUT2D eigenvalue weighted by Crippen LogP contribution is -2.28. The summed E-state index contributed by atoms with van der Waals surface area (Å²) in [6.07, 6.45) is 2.53. The minimum absolute atomic E-state index is 0.138. The summed E-state index contributed by atoms with van der Waals surface area (Å²) in [5.74, 6) is 2.95. The smallest absolute Gasteiger partial charge is 0.123 e. The van der Waals surface area contributed by atoms with Gasteiger partial charge in [0.05, 0.1) is 0 Å². The first-order valence-corrected chi connectivity index (χ1v) is 6.97. The Labute approximate surface area is 101 Å². The minimum Gasteiger partial charge on any atom is -0.313 e. The molecule has 0 spiro atoms. The molecule has 2 rings (SSSR count). The monoisotopic (exact) mass is 239 g/mol. The van der Waals surface area contributed by atoms with Crippen LogP contribution < -0.4 is 5.32 Å². The van der Waals surface area contributed by atoms with Gasteiger partial charge < -0.3 is 5.32 Å². The summed E-state index contributed by atoms with van der Waals surface area (Å²) < 4.78 is 13.2. The molecule has 0 radical (unpaired) electrons. The van der Waals surface area contributed by atoms with Crippen molar-refractivity contribution in [2.24, 2.45) is 5.92 Å². The van der Waals surface area contributed by atoms with Gasteiger partial charge in [0.25, 0.3) is 0 Å². The van der Waals surface area contributed by atoms with E-state index in [2.05, 4.69) is 5.32 Å². The van der Waals surface area contributed by atoms with Crippen molar-refractivity contribution in [1.29, 1.82) is 0 Å². The molecule has 2 atom stereocenters. The predicted octanol–water partition coefficient (Wildman–Crippen LogP) is 3.23. The summed E-state index contributed by atoms with van der Waals surface area (Å²) in [5, 5.41) is 3.34. The molecule has 1 saturated heterocycles. The van der Waals surface area contributed by atoms with Crippen LogP contribution in [0, 0.1) is 11.7 Å². The Balaban J connectivity index is 2.14. The first kappa shape index (κ1) is 11.9. The van der Waals surface area contributed by atoms with Crippen molar-refractivity contribution < 1.29 is 4.39 Å². The molecular weight excluding hydrogens is 221 g/mol. The van der Waals surface area contributed by atoms with Crippen molar-refractivity contribution in [3.05, 3.63) is 35.6 Å². The third-order valence-electron chi connectivity index (χ3n) is 3.19. The van der Waals surface area contributed by atoms with Gasteiger partial charge in [0.15, 0.2) is 0 Å². The topological polar surface area (TPSA) is 12.0 Å². The highest BCUT2D eigenvalue weighted by Crippen LogP contribution is 2.32. The minimum atomic E-state index is -0.138. The second kappa shape index (κ2) is 5.69. The summed E-state index contributed by atoms with van der Waals surface area (Å²) in [6.45, 7) is 0. The maximum atomic E-state index is 13.2. The molecule has 1 N–H and O–H groups in total. The van der Waals surface area contributed by atoms with Crippen LogP contribution in [0.2, 0.25) is 0 Å². The van der Waals surface area contributed by atoms with E-state index < -0.39 is 0 Å². The van der Waals surface area contributed by atoms with E-state index in [1.165, 1.54) is 30.4 Å².